The highest BCUT2D eigenvalue weighted by molar-refractivity contribution is 5.85. The van der Waals surface area contributed by atoms with Crippen LogP contribution in [0.3, 0.4) is 0 Å². The van der Waals surface area contributed by atoms with Gasteiger partial charge in [-0.15, -0.1) is 0 Å². The van der Waals surface area contributed by atoms with E-state index >= 15 is 0 Å². The van der Waals surface area contributed by atoms with Gasteiger partial charge in [0.05, 0.1) is 12.0 Å². The predicted octanol–water partition coefficient (Wildman–Crippen LogP) is 0.442. The zero-order valence-corrected chi connectivity index (χ0v) is 10.8. The van der Waals surface area contributed by atoms with Crippen molar-refractivity contribution in [2.75, 3.05) is 13.1 Å². The molecule has 1 amide bonds. The quantitative estimate of drug-likeness (QED) is 0.702. The lowest BCUT2D eigenvalue weighted by Crippen LogP contribution is -2.46. The first-order valence-electron chi connectivity index (χ1n) is 6.22. The molecule has 98 valence electrons. The van der Waals surface area contributed by atoms with E-state index in [0.717, 1.165) is 19.4 Å². The van der Waals surface area contributed by atoms with Gasteiger partial charge in [-0.25, -0.2) is 4.79 Å². The lowest BCUT2D eigenvalue weighted by Gasteiger charge is -2.23. The summed E-state index contributed by atoms with van der Waals surface area (Å²) in [6, 6.07) is -0.577. The Morgan fingerprint density at radius 3 is 2.59 bits per heavy atom. The largest absolute Gasteiger partial charge is 0.461 e. The van der Waals surface area contributed by atoms with Gasteiger partial charge in [-0.05, 0) is 40.2 Å². The minimum atomic E-state index is -0.577. The first-order valence-corrected chi connectivity index (χ1v) is 6.22. The minimum Gasteiger partial charge on any atom is -0.461 e. The normalized spacial score (nSPS) is 22.0. The number of amides is 1. The molecule has 1 aliphatic heterocycles. The number of hydrogen-bond acceptors (Lipinski definition) is 4. The number of carbonyl (C=O) groups excluding carboxylic acids is 2. The van der Waals surface area contributed by atoms with Gasteiger partial charge in [-0.1, -0.05) is 0 Å². The van der Waals surface area contributed by atoms with Crippen molar-refractivity contribution in [3.63, 3.8) is 0 Å². The molecule has 1 rings (SSSR count). The number of rotatable bonds is 4. The monoisotopic (exact) mass is 242 g/mol. The van der Waals surface area contributed by atoms with Crippen LogP contribution in [0.5, 0.6) is 0 Å². The Balaban J connectivity index is 2.36. The summed E-state index contributed by atoms with van der Waals surface area (Å²) in [7, 11) is 0. The van der Waals surface area contributed by atoms with Gasteiger partial charge < -0.3 is 15.4 Å². The van der Waals surface area contributed by atoms with Crippen molar-refractivity contribution in [3.05, 3.63) is 0 Å². The number of esters is 1. The fourth-order valence-corrected chi connectivity index (χ4v) is 1.80. The molecule has 0 bridgehead atoms. The second kappa shape index (κ2) is 6.59. The molecule has 1 unspecified atom stereocenters. The van der Waals surface area contributed by atoms with Crippen LogP contribution in [0.15, 0.2) is 0 Å². The second-order valence-corrected chi connectivity index (χ2v) is 4.76. The van der Waals surface area contributed by atoms with E-state index in [2.05, 4.69) is 10.6 Å². The van der Waals surface area contributed by atoms with Crippen LogP contribution in [0.2, 0.25) is 0 Å². The summed E-state index contributed by atoms with van der Waals surface area (Å²) in [5.74, 6) is -0.472. The number of nitrogens with one attached hydrogen (secondary N) is 2. The molecule has 2 atom stereocenters. The standard InChI is InChI=1S/C12H22N2O3/c1-8(2)17-12(16)9(3)14-11(15)10-5-4-6-13-7-10/h8-10,13H,4-7H2,1-3H3,(H,14,15)/t9-,10?/m0/s1. The summed E-state index contributed by atoms with van der Waals surface area (Å²) in [5.41, 5.74) is 0. The molecule has 0 aromatic heterocycles. The van der Waals surface area contributed by atoms with E-state index in [4.69, 9.17) is 4.74 Å². The summed E-state index contributed by atoms with van der Waals surface area (Å²) in [6.45, 7) is 6.89. The summed E-state index contributed by atoms with van der Waals surface area (Å²) in [4.78, 5) is 23.4. The Morgan fingerprint density at radius 1 is 1.35 bits per heavy atom. The van der Waals surface area contributed by atoms with E-state index in [-0.39, 0.29) is 23.9 Å². The van der Waals surface area contributed by atoms with Crippen LogP contribution in [-0.4, -0.2) is 37.1 Å². The predicted molar refractivity (Wildman–Crippen MR) is 64.4 cm³/mol. The third-order valence-electron chi connectivity index (χ3n) is 2.73. The van der Waals surface area contributed by atoms with Gasteiger partial charge in [0.25, 0.3) is 0 Å². The average Bonchev–Trinajstić information content (AvgIpc) is 2.29. The van der Waals surface area contributed by atoms with Gasteiger partial charge in [0, 0.05) is 6.54 Å². The van der Waals surface area contributed by atoms with Gasteiger partial charge in [0.1, 0.15) is 6.04 Å². The van der Waals surface area contributed by atoms with Gasteiger partial charge in [0.15, 0.2) is 0 Å². The van der Waals surface area contributed by atoms with Crippen LogP contribution < -0.4 is 10.6 Å². The van der Waals surface area contributed by atoms with Crippen molar-refractivity contribution >= 4 is 11.9 Å². The van der Waals surface area contributed by atoms with E-state index in [1.54, 1.807) is 20.8 Å². The highest BCUT2D eigenvalue weighted by Crippen LogP contribution is 2.10. The van der Waals surface area contributed by atoms with Gasteiger partial charge >= 0.3 is 5.97 Å². The second-order valence-electron chi connectivity index (χ2n) is 4.76. The van der Waals surface area contributed by atoms with E-state index in [0.29, 0.717) is 6.54 Å². The Morgan fingerprint density at radius 2 is 2.06 bits per heavy atom. The SMILES string of the molecule is CC(C)OC(=O)[C@H](C)NC(=O)C1CCCNC1. The molecular weight excluding hydrogens is 220 g/mol. The van der Waals surface area contributed by atoms with E-state index in [1.165, 1.54) is 0 Å². The molecular formula is C12H22N2O3. The maximum Gasteiger partial charge on any atom is 0.328 e. The lowest BCUT2D eigenvalue weighted by molar-refractivity contribution is -0.151. The molecule has 1 fully saturated rings. The molecule has 0 aromatic rings. The zero-order valence-electron chi connectivity index (χ0n) is 10.8. The number of carbonyl (C=O) groups is 2. The molecule has 5 heteroatoms. The Labute approximate surface area is 102 Å². The fraction of sp³-hybridized carbons (Fsp3) is 0.833. The molecule has 0 aliphatic carbocycles. The summed E-state index contributed by atoms with van der Waals surface area (Å²) >= 11 is 0. The molecule has 17 heavy (non-hydrogen) atoms. The van der Waals surface area contributed by atoms with Crippen LogP contribution in [0.25, 0.3) is 0 Å². The summed E-state index contributed by atoms with van der Waals surface area (Å²) in [6.07, 6.45) is 1.73. The molecule has 2 N–H and O–H groups in total. The summed E-state index contributed by atoms with van der Waals surface area (Å²) < 4.78 is 5.03. The maximum absolute atomic E-state index is 11.8. The smallest absolute Gasteiger partial charge is 0.328 e. The summed E-state index contributed by atoms with van der Waals surface area (Å²) in [5, 5.41) is 5.87. The van der Waals surface area contributed by atoms with Crippen LogP contribution in [-0.2, 0) is 14.3 Å². The molecule has 1 heterocycles. The maximum atomic E-state index is 11.8. The molecule has 0 spiro atoms. The topological polar surface area (TPSA) is 67.4 Å². The van der Waals surface area contributed by atoms with E-state index in [1.807, 2.05) is 0 Å². The minimum absolute atomic E-state index is 0.0296. The molecule has 5 nitrogen and oxygen atoms in total. The number of piperidine rings is 1. The molecule has 0 radical (unpaired) electrons. The van der Waals surface area contributed by atoms with Gasteiger partial charge in [-0.2, -0.15) is 0 Å². The third kappa shape index (κ3) is 4.73. The fourth-order valence-electron chi connectivity index (χ4n) is 1.80. The van der Waals surface area contributed by atoms with Crippen molar-refractivity contribution in [1.82, 2.24) is 10.6 Å². The van der Waals surface area contributed by atoms with Crippen molar-refractivity contribution < 1.29 is 14.3 Å². The number of hydrogen-bond donors (Lipinski definition) is 2. The molecule has 1 saturated heterocycles. The van der Waals surface area contributed by atoms with Crippen LogP contribution in [0, 0.1) is 5.92 Å². The van der Waals surface area contributed by atoms with Crippen LogP contribution in [0.4, 0.5) is 0 Å². The Bertz CT molecular complexity index is 273. The van der Waals surface area contributed by atoms with Gasteiger partial charge in [0.2, 0.25) is 5.91 Å². The Hall–Kier alpha value is -1.10. The third-order valence-corrected chi connectivity index (χ3v) is 2.73. The lowest BCUT2D eigenvalue weighted by atomic mass is 9.98. The highest BCUT2D eigenvalue weighted by atomic mass is 16.5. The Kier molecular flexibility index (Phi) is 5.41. The van der Waals surface area contributed by atoms with Gasteiger partial charge in [-0.3, -0.25) is 4.79 Å². The van der Waals surface area contributed by atoms with Crippen molar-refractivity contribution in [1.29, 1.82) is 0 Å². The molecule has 1 aliphatic rings. The first-order chi connectivity index (χ1) is 8.00. The van der Waals surface area contributed by atoms with E-state index in [9.17, 15) is 9.59 Å². The van der Waals surface area contributed by atoms with Crippen LogP contribution >= 0.6 is 0 Å². The zero-order chi connectivity index (χ0) is 12.8. The molecule has 0 saturated carbocycles. The molecule has 0 aromatic carbocycles. The van der Waals surface area contributed by atoms with Crippen molar-refractivity contribution in [2.24, 2.45) is 5.92 Å². The van der Waals surface area contributed by atoms with E-state index < -0.39 is 6.04 Å². The highest BCUT2D eigenvalue weighted by Gasteiger charge is 2.25. The van der Waals surface area contributed by atoms with Crippen molar-refractivity contribution in [2.45, 2.75) is 45.8 Å². The average molecular weight is 242 g/mol. The van der Waals surface area contributed by atoms with Crippen LogP contribution in [0.1, 0.15) is 33.6 Å². The van der Waals surface area contributed by atoms with Crippen molar-refractivity contribution in [3.8, 4) is 0 Å². The first kappa shape index (κ1) is 14.0. The number of ether oxygens (including phenoxy) is 1.